The van der Waals surface area contributed by atoms with Gasteiger partial charge in [0.15, 0.2) is 0 Å². The zero-order chi connectivity index (χ0) is 15.0. The van der Waals surface area contributed by atoms with Gasteiger partial charge in [0.2, 0.25) is 0 Å². The normalized spacial score (nSPS) is 22.6. The van der Waals surface area contributed by atoms with Gasteiger partial charge in [-0.2, -0.15) is 24.9 Å². The third kappa shape index (κ3) is 3.55. The van der Waals surface area contributed by atoms with Crippen LogP contribution in [0, 0.1) is 5.41 Å². The molecule has 1 aromatic carbocycles. The van der Waals surface area contributed by atoms with Crippen molar-refractivity contribution in [1.82, 2.24) is 0 Å². The highest BCUT2D eigenvalue weighted by atomic mass is 35.5. The minimum Gasteiger partial charge on any atom is -0.380 e. The molecular weight excluding hydrogens is 307 g/mol. The van der Waals surface area contributed by atoms with E-state index in [4.69, 9.17) is 11.6 Å². The van der Waals surface area contributed by atoms with Gasteiger partial charge in [0.05, 0.1) is 5.56 Å². The molecule has 0 aliphatic carbocycles. The Morgan fingerprint density at radius 1 is 1.35 bits per heavy atom. The van der Waals surface area contributed by atoms with Crippen molar-refractivity contribution in [2.45, 2.75) is 32.5 Å². The third-order valence-corrected chi connectivity index (χ3v) is 5.03. The average molecular weight is 324 g/mol. The minimum absolute atomic E-state index is 0.0172. The number of nitrogens with one attached hydrogen (secondary N) is 1. The van der Waals surface area contributed by atoms with E-state index in [0.717, 1.165) is 24.0 Å². The Labute approximate surface area is 126 Å². The highest BCUT2D eigenvalue weighted by Gasteiger charge is 2.37. The lowest BCUT2D eigenvalue weighted by Crippen LogP contribution is -2.42. The molecule has 1 aromatic rings. The summed E-state index contributed by atoms with van der Waals surface area (Å²) >= 11 is 7.46. The van der Waals surface area contributed by atoms with E-state index in [9.17, 15) is 13.2 Å². The monoisotopic (exact) mass is 323 g/mol. The molecule has 0 bridgehead atoms. The second-order valence-corrected chi connectivity index (χ2v) is 7.28. The SMILES string of the molecule is CC1(C)CCSCC1Nc1ccc(Cl)cc1C(F)(F)F. The highest BCUT2D eigenvalue weighted by molar-refractivity contribution is 7.99. The Kier molecular flexibility index (Phi) is 4.50. The molecular formula is C14H17ClF3NS. The molecule has 1 heterocycles. The van der Waals surface area contributed by atoms with Crippen LogP contribution in [0.4, 0.5) is 18.9 Å². The van der Waals surface area contributed by atoms with Gasteiger partial charge in [-0.25, -0.2) is 0 Å². The van der Waals surface area contributed by atoms with E-state index < -0.39 is 11.7 Å². The van der Waals surface area contributed by atoms with Crippen molar-refractivity contribution in [3.05, 3.63) is 28.8 Å². The Morgan fingerprint density at radius 3 is 2.65 bits per heavy atom. The van der Waals surface area contributed by atoms with E-state index in [1.54, 1.807) is 11.8 Å². The van der Waals surface area contributed by atoms with Crippen molar-refractivity contribution in [3.8, 4) is 0 Å². The van der Waals surface area contributed by atoms with Crippen LogP contribution >= 0.6 is 23.4 Å². The number of anilines is 1. The maximum Gasteiger partial charge on any atom is 0.418 e. The number of hydrogen-bond acceptors (Lipinski definition) is 2. The van der Waals surface area contributed by atoms with Crippen molar-refractivity contribution in [3.63, 3.8) is 0 Å². The Bertz CT molecular complexity index is 488. The van der Waals surface area contributed by atoms with Crippen LogP contribution < -0.4 is 5.32 Å². The number of rotatable bonds is 2. The fraction of sp³-hybridized carbons (Fsp3) is 0.571. The minimum atomic E-state index is -4.40. The quantitative estimate of drug-likeness (QED) is 0.792. The number of benzene rings is 1. The molecule has 1 N–H and O–H groups in total. The number of hydrogen-bond donors (Lipinski definition) is 1. The van der Waals surface area contributed by atoms with Gasteiger partial charge in [-0.05, 0) is 35.8 Å². The fourth-order valence-electron chi connectivity index (χ4n) is 2.24. The van der Waals surface area contributed by atoms with Gasteiger partial charge in [-0.15, -0.1) is 0 Å². The molecule has 2 rings (SSSR count). The van der Waals surface area contributed by atoms with Gasteiger partial charge in [0, 0.05) is 22.5 Å². The molecule has 1 atom stereocenters. The first-order chi connectivity index (χ1) is 9.20. The fourth-order valence-corrected chi connectivity index (χ4v) is 4.02. The molecule has 1 unspecified atom stereocenters. The van der Waals surface area contributed by atoms with Gasteiger partial charge >= 0.3 is 6.18 Å². The molecule has 1 nitrogen and oxygen atoms in total. The van der Waals surface area contributed by atoms with Gasteiger partial charge in [-0.3, -0.25) is 0 Å². The van der Waals surface area contributed by atoms with Gasteiger partial charge in [0.1, 0.15) is 0 Å². The van der Waals surface area contributed by atoms with Gasteiger partial charge in [0.25, 0.3) is 0 Å². The molecule has 0 spiro atoms. The van der Waals surface area contributed by atoms with Crippen molar-refractivity contribution < 1.29 is 13.2 Å². The van der Waals surface area contributed by atoms with Crippen LogP contribution in [0.1, 0.15) is 25.8 Å². The molecule has 1 aliphatic heterocycles. The lowest BCUT2D eigenvalue weighted by molar-refractivity contribution is -0.137. The molecule has 6 heteroatoms. The van der Waals surface area contributed by atoms with Crippen LogP contribution in [0.25, 0.3) is 0 Å². The van der Waals surface area contributed by atoms with Crippen LogP contribution in [-0.4, -0.2) is 17.5 Å². The maximum atomic E-state index is 13.1. The molecule has 1 aliphatic rings. The summed E-state index contributed by atoms with van der Waals surface area (Å²) in [5.74, 6) is 1.87. The topological polar surface area (TPSA) is 12.0 Å². The zero-order valence-corrected chi connectivity index (χ0v) is 12.9. The number of alkyl halides is 3. The van der Waals surface area contributed by atoms with Crippen molar-refractivity contribution in [2.75, 3.05) is 16.8 Å². The molecule has 0 radical (unpaired) electrons. The van der Waals surface area contributed by atoms with Crippen LogP contribution in [0.2, 0.25) is 5.02 Å². The lowest BCUT2D eigenvalue weighted by Gasteiger charge is -2.39. The summed E-state index contributed by atoms with van der Waals surface area (Å²) in [6.07, 6.45) is -3.41. The van der Waals surface area contributed by atoms with E-state index >= 15 is 0 Å². The van der Waals surface area contributed by atoms with Crippen molar-refractivity contribution in [1.29, 1.82) is 0 Å². The summed E-state index contributed by atoms with van der Waals surface area (Å²) in [4.78, 5) is 0. The van der Waals surface area contributed by atoms with E-state index in [2.05, 4.69) is 19.2 Å². The van der Waals surface area contributed by atoms with Gasteiger partial charge < -0.3 is 5.32 Å². The third-order valence-electron chi connectivity index (χ3n) is 3.74. The maximum absolute atomic E-state index is 13.1. The standard InChI is InChI=1S/C14H17ClF3NS/c1-13(2)5-6-20-8-12(13)19-11-4-3-9(15)7-10(11)14(16,17)18/h3-4,7,12,19H,5-6,8H2,1-2H3. The summed E-state index contributed by atoms with van der Waals surface area (Å²) in [7, 11) is 0. The van der Waals surface area contributed by atoms with E-state index in [0.29, 0.717) is 0 Å². The lowest BCUT2D eigenvalue weighted by atomic mass is 9.82. The first kappa shape index (κ1) is 15.8. The summed E-state index contributed by atoms with van der Waals surface area (Å²) in [6.45, 7) is 4.18. The Balaban J connectivity index is 2.29. The molecule has 0 aromatic heterocycles. The Hall–Kier alpha value is -0.550. The summed E-state index contributed by atoms with van der Waals surface area (Å²) in [5.41, 5.74) is -0.604. The summed E-state index contributed by atoms with van der Waals surface area (Å²) in [5, 5.41) is 3.17. The van der Waals surface area contributed by atoms with E-state index in [1.165, 1.54) is 12.1 Å². The largest absolute Gasteiger partial charge is 0.418 e. The molecule has 112 valence electrons. The summed E-state index contributed by atoms with van der Waals surface area (Å²) in [6, 6.07) is 3.90. The van der Waals surface area contributed by atoms with Crippen LogP contribution in [0.5, 0.6) is 0 Å². The van der Waals surface area contributed by atoms with Crippen LogP contribution in [0.3, 0.4) is 0 Å². The Morgan fingerprint density at radius 2 is 2.05 bits per heavy atom. The van der Waals surface area contributed by atoms with E-state index in [-0.39, 0.29) is 22.2 Å². The van der Waals surface area contributed by atoms with Crippen molar-refractivity contribution >= 4 is 29.1 Å². The highest BCUT2D eigenvalue weighted by Crippen LogP contribution is 2.40. The molecule has 0 amide bonds. The smallest absolute Gasteiger partial charge is 0.380 e. The van der Waals surface area contributed by atoms with Crippen LogP contribution in [0.15, 0.2) is 18.2 Å². The predicted molar refractivity (Wildman–Crippen MR) is 79.6 cm³/mol. The zero-order valence-electron chi connectivity index (χ0n) is 11.4. The van der Waals surface area contributed by atoms with Gasteiger partial charge in [-0.1, -0.05) is 25.4 Å². The van der Waals surface area contributed by atoms with E-state index in [1.807, 2.05) is 0 Å². The second kappa shape index (κ2) is 5.68. The molecule has 20 heavy (non-hydrogen) atoms. The number of thioether (sulfide) groups is 1. The number of halogens is 4. The van der Waals surface area contributed by atoms with Crippen LogP contribution in [-0.2, 0) is 6.18 Å². The van der Waals surface area contributed by atoms with Crippen molar-refractivity contribution in [2.24, 2.45) is 5.41 Å². The first-order valence-corrected chi connectivity index (χ1v) is 7.94. The first-order valence-electron chi connectivity index (χ1n) is 6.41. The molecule has 0 saturated carbocycles. The molecule has 1 fully saturated rings. The second-order valence-electron chi connectivity index (χ2n) is 5.70. The summed E-state index contributed by atoms with van der Waals surface area (Å²) < 4.78 is 39.2. The predicted octanol–water partition coefficient (Wildman–Crippen LogP) is 5.30. The average Bonchev–Trinajstić information content (AvgIpc) is 2.32. The molecule has 1 saturated heterocycles.